The largest absolute Gasteiger partial charge is 0.310 e. The van der Waals surface area contributed by atoms with Gasteiger partial charge in [-0.15, -0.1) is 0 Å². The van der Waals surface area contributed by atoms with Gasteiger partial charge in [-0.2, -0.15) is 0 Å². The van der Waals surface area contributed by atoms with Gasteiger partial charge in [0.15, 0.2) is 0 Å². The summed E-state index contributed by atoms with van der Waals surface area (Å²) in [6.45, 7) is 9.07. The van der Waals surface area contributed by atoms with Crippen molar-refractivity contribution in [2.75, 3.05) is 11.4 Å². The molecule has 1 saturated carbocycles. The molecule has 1 saturated heterocycles. The van der Waals surface area contributed by atoms with Crippen LogP contribution in [0.25, 0.3) is 0 Å². The lowest BCUT2D eigenvalue weighted by Gasteiger charge is -2.21. The Morgan fingerprint density at radius 3 is 2.14 bits per heavy atom. The van der Waals surface area contributed by atoms with Gasteiger partial charge >= 0.3 is 0 Å². The van der Waals surface area contributed by atoms with Gasteiger partial charge in [0.1, 0.15) is 0 Å². The van der Waals surface area contributed by atoms with Crippen LogP contribution in [0.2, 0.25) is 0 Å². The van der Waals surface area contributed by atoms with Crippen LogP contribution in [-0.4, -0.2) is 18.4 Å². The van der Waals surface area contributed by atoms with Crippen molar-refractivity contribution in [3.05, 3.63) is 29.8 Å². The minimum atomic E-state index is -0.149. The number of hydrogen-bond acceptors (Lipinski definition) is 3. The lowest BCUT2D eigenvalue weighted by Crippen LogP contribution is -2.36. The molecule has 4 heteroatoms. The molecule has 2 amide bonds. The Kier molecular flexibility index (Phi) is 3.17. The van der Waals surface area contributed by atoms with Crippen LogP contribution in [0.3, 0.4) is 0 Å². The number of rotatable bonds is 4. The highest BCUT2D eigenvalue weighted by atomic mass is 16.2. The number of hydrogen-bond donors (Lipinski definition) is 1. The van der Waals surface area contributed by atoms with Crippen LogP contribution in [-0.2, 0) is 9.59 Å². The molecule has 1 aliphatic carbocycles. The van der Waals surface area contributed by atoms with E-state index in [4.69, 9.17) is 0 Å². The van der Waals surface area contributed by atoms with Gasteiger partial charge in [0.05, 0.1) is 17.5 Å². The van der Waals surface area contributed by atoms with E-state index in [-0.39, 0.29) is 35.1 Å². The van der Waals surface area contributed by atoms with E-state index < -0.39 is 0 Å². The van der Waals surface area contributed by atoms with E-state index in [0.717, 1.165) is 12.1 Å². The van der Waals surface area contributed by atoms with Crippen molar-refractivity contribution in [1.29, 1.82) is 0 Å². The summed E-state index contributed by atoms with van der Waals surface area (Å²) in [5.74, 6) is -0.319. The van der Waals surface area contributed by atoms with Crippen LogP contribution in [0.4, 0.5) is 5.69 Å². The van der Waals surface area contributed by atoms with Crippen molar-refractivity contribution in [3.63, 3.8) is 0 Å². The topological polar surface area (TPSA) is 49.4 Å². The van der Waals surface area contributed by atoms with Crippen LogP contribution in [0.1, 0.15) is 39.3 Å². The molecule has 3 unspecified atom stereocenters. The number of benzene rings is 1. The zero-order valence-electron chi connectivity index (χ0n) is 13.0. The summed E-state index contributed by atoms with van der Waals surface area (Å²) >= 11 is 0. The fourth-order valence-corrected chi connectivity index (χ4v) is 3.54. The monoisotopic (exact) mass is 286 g/mol. The van der Waals surface area contributed by atoms with Crippen molar-refractivity contribution < 1.29 is 9.59 Å². The van der Waals surface area contributed by atoms with Crippen LogP contribution in [0, 0.1) is 17.3 Å². The molecule has 4 nitrogen and oxygen atoms in total. The Morgan fingerprint density at radius 1 is 1.14 bits per heavy atom. The van der Waals surface area contributed by atoms with Crippen molar-refractivity contribution in [2.24, 2.45) is 17.3 Å². The van der Waals surface area contributed by atoms with Gasteiger partial charge in [-0.05, 0) is 36.6 Å². The third-order valence-electron chi connectivity index (χ3n) is 4.96. The molecule has 0 spiro atoms. The SMILES string of the molecule is CCNC(C)c1ccc(N2C(=O)C3C(C2=O)C3(C)C)cc1. The van der Waals surface area contributed by atoms with E-state index in [9.17, 15) is 9.59 Å². The summed E-state index contributed by atoms with van der Waals surface area (Å²) in [6.07, 6.45) is 0. The molecule has 3 atom stereocenters. The molecule has 1 aliphatic heterocycles. The Morgan fingerprint density at radius 2 is 1.67 bits per heavy atom. The van der Waals surface area contributed by atoms with Crippen LogP contribution in [0.5, 0.6) is 0 Å². The lowest BCUT2D eigenvalue weighted by molar-refractivity contribution is -0.125. The molecule has 1 N–H and O–H groups in total. The van der Waals surface area contributed by atoms with Gasteiger partial charge < -0.3 is 5.32 Å². The lowest BCUT2D eigenvalue weighted by atomic mass is 10.0. The molecular formula is C17H22N2O2. The molecule has 0 aromatic heterocycles. The minimum absolute atomic E-state index is 0.0394. The maximum atomic E-state index is 12.4. The number of nitrogens with one attached hydrogen (secondary N) is 1. The molecule has 2 fully saturated rings. The first-order valence-electron chi connectivity index (χ1n) is 7.60. The minimum Gasteiger partial charge on any atom is -0.310 e. The summed E-state index contributed by atoms with van der Waals surface area (Å²) in [7, 11) is 0. The zero-order valence-corrected chi connectivity index (χ0v) is 13.0. The second-order valence-corrected chi connectivity index (χ2v) is 6.66. The van der Waals surface area contributed by atoms with Gasteiger partial charge in [0.2, 0.25) is 11.8 Å². The summed E-state index contributed by atoms with van der Waals surface area (Å²) < 4.78 is 0. The van der Waals surface area contributed by atoms with E-state index in [1.165, 1.54) is 4.90 Å². The van der Waals surface area contributed by atoms with E-state index >= 15 is 0 Å². The van der Waals surface area contributed by atoms with Crippen molar-refractivity contribution >= 4 is 17.5 Å². The molecule has 0 radical (unpaired) electrons. The average Bonchev–Trinajstić information content (AvgIpc) is 2.90. The summed E-state index contributed by atoms with van der Waals surface area (Å²) in [5, 5.41) is 3.35. The average molecular weight is 286 g/mol. The highest BCUT2D eigenvalue weighted by Crippen LogP contribution is 2.63. The van der Waals surface area contributed by atoms with Crippen molar-refractivity contribution in [1.82, 2.24) is 5.32 Å². The Labute approximate surface area is 125 Å². The molecule has 2 aliphatic rings. The molecule has 0 bridgehead atoms. The normalized spacial score (nSPS) is 27.7. The molecule has 1 heterocycles. The van der Waals surface area contributed by atoms with Gasteiger partial charge in [0.25, 0.3) is 0 Å². The number of imide groups is 1. The third-order valence-corrected chi connectivity index (χ3v) is 4.96. The third kappa shape index (κ3) is 2.01. The molecule has 1 aromatic rings. The fourth-order valence-electron chi connectivity index (χ4n) is 3.54. The van der Waals surface area contributed by atoms with Gasteiger partial charge in [-0.1, -0.05) is 32.9 Å². The highest BCUT2D eigenvalue weighted by molar-refractivity contribution is 6.25. The van der Waals surface area contributed by atoms with Crippen LogP contribution >= 0.6 is 0 Å². The zero-order chi connectivity index (χ0) is 15.4. The van der Waals surface area contributed by atoms with E-state index in [0.29, 0.717) is 5.69 Å². The van der Waals surface area contributed by atoms with Crippen molar-refractivity contribution in [3.8, 4) is 0 Å². The number of carbonyl (C=O) groups is 2. The molecule has 1 aromatic carbocycles. The summed E-state index contributed by atoms with van der Waals surface area (Å²) in [4.78, 5) is 26.1. The van der Waals surface area contributed by atoms with E-state index in [1.807, 2.05) is 38.1 Å². The number of amides is 2. The Bertz CT molecular complexity index is 567. The smallest absolute Gasteiger partial charge is 0.238 e. The number of fused-ring (bicyclic) bond motifs is 1. The predicted octanol–water partition coefficient (Wildman–Crippen LogP) is 2.50. The van der Waals surface area contributed by atoms with Crippen molar-refractivity contribution in [2.45, 2.75) is 33.7 Å². The van der Waals surface area contributed by atoms with E-state index in [1.54, 1.807) is 0 Å². The maximum absolute atomic E-state index is 12.4. The van der Waals surface area contributed by atoms with Gasteiger partial charge in [0, 0.05) is 6.04 Å². The second-order valence-electron chi connectivity index (χ2n) is 6.66. The first kappa shape index (κ1) is 14.3. The van der Waals surface area contributed by atoms with E-state index in [2.05, 4.69) is 19.2 Å². The van der Waals surface area contributed by atoms with Gasteiger partial charge in [-0.25, -0.2) is 0 Å². The van der Waals surface area contributed by atoms with Crippen LogP contribution in [0.15, 0.2) is 24.3 Å². The Balaban J connectivity index is 1.80. The summed E-state index contributed by atoms with van der Waals surface area (Å²) in [5.41, 5.74) is 1.70. The Hall–Kier alpha value is -1.68. The second kappa shape index (κ2) is 4.67. The maximum Gasteiger partial charge on any atom is 0.238 e. The number of piperidine rings is 1. The van der Waals surface area contributed by atoms with Gasteiger partial charge in [-0.3, -0.25) is 14.5 Å². The quantitative estimate of drug-likeness (QED) is 0.865. The summed E-state index contributed by atoms with van der Waals surface area (Å²) in [6, 6.07) is 7.98. The first-order valence-corrected chi connectivity index (χ1v) is 7.60. The predicted molar refractivity (Wildman–Crippen MR) is 81.8 cm³/mol. The number of nitrogens with zero attached hydrogens (tertiary/aromatic N) is 1. The number of carbonyl (C=O) groups excluding carboxylic acids is 2. The number of anilines is 1. The molecule has 21 heavy (non-hydrogen) atoms. The highest BCUT2D eigenvalue weighted by Gasteiger charge is 2.72. The first-order chi connectivity index (χ1) is 9.89. The van der Waals surface area contributed by atoms with Crippen LogP contribution < -0.4 is 10.2 Å². The molecular weight excluding hydrogens is 264 g/mol. The fraction of sp³-hybridized carbons (Fsp3) is 0.529. The molecule has 112 valence electrons. The molecule has 3 rings (SSSR count). The standard InChI is InChI=1S/C17H22N2O2/c1-5-18-10(2)11-6-8-12(9-7-11)19-15(20)13-14(16(19)21)17(13,3)4/h6-10,13-14,18H,5H2,1-4H3.